The molecule has 0 aliphatic rings. The van der Waals surface area contributed by atoms with Gasteiger partial charge >= 0.3 is 0 Å². The maximum absolute atomic E-state index is 12.5. The number of anilines is 2. The first-order valence-corrected chi connectivity index (χ1v) is 9.70. The molecular formula is C24H24N4O. The van der Waals surface area contributed by atoms with Crippen molar-refractivity contribution in [1.82, 2.24) is 9.55 Å². The van der Waals surface area contributed by atoms with Crippen LogP contribution in [-0.2, 0) is 4.79 Å². The number of aryl methyl sites for hydroxylation is 2. The normalized spacial score (nSPS) is 12.0. The zero-order valence-electron chi connectivity index (χ0n) is 16.8. The number of nitrogens with one attached hydrogen (secondary N) is 2. The quantitative estimate of drug-likeness (QED) is 0.504. The number of aromatic nitrogens is 2. The molecule has 1 amide bonds. The molecule has 5 nitrogen and oxygen atoms in total. The van der Waals surface area contributed by atoms with Crippen LogP contribution in [0.2, 0.25) is 0 Å². The molecule has 1 atom stereocenters. The summed E-state index contributed by atoms with van der Waals surface area (Å²) in [5.41, 5.74) is 5.79. The summed E-state index contributed by atoms with van der Waals surface area (Å²) in [6.07, 6.45) is 0. The minimum Gasteiger partial charge on any atom is -0.374 e. The monoisotopic (exact) mass is 384 g/mol. The second kappa shape index (κ2) is 7.80. The third-order valence-corrected chi connectivity index (χ3v) is 4.90. The summed E-state index contributed by atoms with van der Waals surface area (Å²) >= 11 is 0. The molecule has 29 heavy (non-hydrogen) atoms. The number of amides is 1. The van der Waals surface area contributed by atoms with Crippen LogP contribution in [0.25, 0.3) is 16.7 Å². The van der Waals surface area contributed by atoms with E-state index < -0.39 is 0 Å². The van der Waals surface area contributed by atoms with E-state index in [0.29, 0.717) is 0 Å². The van der Waals surface area contributed by atoms with E-state index in [4.69, 9.17) is 4.98 Å². The van der Waals surface area contributed by atoms with E-state index in [0.717, 1.165) is 39.5 Å². The van der Waals surface area contributed by atoms with Crippen molar-refractivity contribution in [3.8, 4) is 5.69 Å². The lowest BCUT2D eigenvalue weighted by Crippen LogP contribution is -2.31. The van der Waals surface area contributed by atoms with Crippen LogP contribution in [0.15, 0.2) is 72.8 Å². The second-order valence-electron chi connectivity index (χ2n) is 7.26. The van der Waals surface area contributed by atoms with Gasteiger partial charge in [0.15, 0.2) is 0 Å². The van der Waals surface area contributed by atoms with Gasteiger partial charge in [0.25, 0.3) is 0 Å². The van der Waals surface area contributed by atoms with Crippen molar-refractivity contribution in [2.24, 2.45) is 0 Å². The van der Waals surface area contributed by atoms with Gasteiger partial charge in [-0.05, 0) is 68.8 Å². The predicted octanol–water partition coefficient (Wildman–Crippen LogP) is 5.08. The maximum atomic E-state index is 12.5. The number of carbonyl (C=O) groups is 1. The van der Waals surface area contributed by atoms with Crippen LogP contribution in [0.4, 0.5) is 11.4 Å². The van der Waals surface area contributed by atoms with Crippen molar-refractivity contribution in [2.75, 3.05) is 10.6 Å². The molecular weight excluding hydrogens is 360 g/mol. The summed E-state index contributed by atoms with van der Waals surface area (Å²) in [5, 5.41) is 6.23. The molecule has 4 aromatic rings. The average molecular weight is 384 g/mol. The Morgan fingerprint density at radius 1 is 0.931 bits per heavy atom. The molecule has 0 radical (unpaired) electrons. The molecule has 0 saturated carbocycles. The van der Waals surface area contributed by atoms with Gasteiger partial charge in [-0.2, -0.15) is 0 Å². The van der Waals surface area contributed by atoms with Crippen LogP contribution >= 0.6 is 0 Å². The number of hydrogen-bond donors (Lipinski definition) is 2. The average Bonchev–Trinajstić information content (AvgIpc) is 3.03. The van der Waals surface area contributed by atoms with Gasteiger partial charge < -0.3 is 10.6 Å². The Hall–Kier alpha value is -3.60. The van der Waals surface area contributed by atoms with Gasteiger partial charge in [0.05, 0.1) is 11.0 Å². The fourth-order valence-electron chi connectivity index (χ4n) is 3.48. The highest BCUT2D eigenvalue weighted by molar-refractivity contribution is 5.96. The Balaban J connectivity index is 1.53. The highest BCUT2D eigenvalue weighted by atomic mass is 16.2. The van der Waals surface area contributed by atoms with Crippen LogP contribution in [0.5, 0.6) is 0 Å². The number of imidazole rings is 1. The van der Waals surface area contributed by atoms with E-state index in [1.807, 2.05) is 81.4 Å². The van der Waals surface area contributed by atoms with E-state index in [1.165, 1.54) is 0 Å². The Bertz CT molecular complexity index is 1160. The van der Waals surface area contributed by atoms with Crippen LogP contribution in [0.1, 0.15) is 18.3 Å². The summed E-state index contributed by atoms with van der Waals surface area (Å²) in [5.74, 6) is 0.843. The Kier molecular flexibility index (Phi) is 5.04. The molecule has 4 rings (SSSR count). The second-order valence-corrected chi connectivity index (χ2v) is 7.26. The van der Waals surface area contributed by atoms with E-state index in [-0.39, 0.29) is 11.9 Å². The summed E-state index contributed by atoms with van der Waals surface area (Å²) in [6, 6.07) is 23.6. The lowest BCUT2D eigenvalue weighted by Gasteiger charge is -2.16. The third-order valence-electron chi connectivity index (χ3n) is 4.90. The first-order valence-electron chi connectivity index (χ1n) is 9.70. The highest BCUT2D eigenvalue weighted by Crippen LogP contribution is 2.24. The molecule has 0 fully saturated rings. The fourth-order valence-corrected chi connectivity index (χ4v) is 3.48. The van der Waals surface area contributed by atoms with Crippen LogP contribution in [0, 0.1) is 13.8 Å². The lowest BCUT2D eigenvalue weighted by molar-refractivity contribution is -0.116. The third kappa shape index (κ3) is 3.99. The molecule has 0 unspecified atom stereocenters. The van der Waals surface area contributed by atoms with Gasteiger partial charge in [0.1, 0.15) is 11.9 Å². The summed E-state index contributed by atoms with van der Waals surface area (Å²) in [4.78, 5) is 17.2. The van der Waals surface area contributed by atoms with Gasteiger partial charge in [0.2, 0.25) is 5.91 Å². The summed E-state index contributed by atoms with van der Waals surface area (Å²) < 4.78 is 2.13. The Morgan fingerprint density at radius 3 is 2.48 bits per heavy atom. The lowest BCUT2D eigenvalue weighted by atomic mass is 10.2. The molecule has 1 heterocycles. The van der Waals surface area contributed by atoms with Crippen LogP contribution < -0.4 is 10.6 Å². The molecule has 3 aromatic carbocycles. The molecule has 0 aliphatic heterocycles. The number of rotatable bonds is 5. The maximum Gasteiger partial charge on any atom is 0.246 e. The summed E-state index contributed by atoms with van der Waals surface area (Å²) in [7, 11) is 0. The van der Waals surface area contributed by atoms with Crippen molar-refractivity contribution in [1.29, 1.82) is 0 Å². The topological polar surface area (TPSA) is 59.0 Å². The smallest absolute Gasteiger partial charge is 0.246 e. The van der Waals surface area contributed by atoms with Gasteiger partial charge in [-0.1, -0.05) is 30.3 Å². The van der Waals surface area contributed by atoms with Gasteiger partial charge in [0, 0.05) is 17.1 Å². The molecule has 5 heteroatoms. The first kappa shape index (κ1) is 18.7. The van der Waals surface area contributed by atoms with Crippen molar-refractivity contribution in [3.63, 3.8) is 0 Å². The zero-order chi connectivity index (χ0) is 20.4. The van der Waals surface area contributed by atoms with Crippen molar-refractivity contribution < 1.29 is 4.79 Å². The van der Waals surface area contributed by atoms with Crippen molar-refractivity contribution in [2.45, 2.75) is 26.8 Å². The first-order chi connectivity index (χ1) is 14.0. The Morgan fingerprint density at radius 2 is 1.72 bits per heavy atom. The van der Waals surface area contributed by atoms with Gasteiger partial charge in [-0.25, -0.2) is 4.98 Å². The summed E-state index contributed by atoms with van der Waals surface area (Å²) in [6.45, 7) is 5.85. The number of hydrogen-bond acceptors (Lipinski definition) is 3. The number of nitrogens with zero attached hydrogens (tertiary/aromatic N) is 2. The van der Waals surface area contributed by atoms with E-state index in [2.05, 4.69) is 27.3 Å². The number of benzene rings is 3. The largest absolute Gasteiger partial charge is 0.374 e. The van der Waals surface area contributed by atoms with Crippen LogP contribution in [0.3, 0.4) is 0 Å². The Labute approximate surface area is 170 Å². The minimum absolute atomic E-state index is 0.0818. The predicted molar refractivity (Wildman–Crippen MR) is 119 cm³/mol. The van der Waals surface area contributed by atoms with E-state index in [9.17, 15) is 4.79 Å². The molecule has 146 valence electrons. The van der Waals surface area contributed by atoms with Gasteiger partial charge in [-0.3, -0.25) is 9.36 Å². The van der Waals surface area contributed by atoms with Crippen molar-refractivity contribution in [3.05, 3.63) is 84.2 Å². The number of fused-ring (bicyclic) bond motifs is 1. The van der Waals surface area contributed by atoms with E-state index >= 15 is 0 Å². The molecule has 0 aliphatic carbocycles. The SMILES string of the molecule is Cc1cccc(NC(=O)[C@H](C)Nc2ccc3c(c2)nc(C)n3-c2ccccc2)c1. The number of para-hydroxylation sites is 1. The van der Waals surface area contributed by atoms with Crippen LogP contribution in [-0.4, -0.2) is 21.5 Å². The number of carbonyl (C=O) groups excluding carboxylic acids is 1. The minimum atomic E-state index is -0.384. The standard InChI is InChI=1S/C24H24N4O/c1-16-8-7-9-19(14-16)27-24(29)17(2)25-20-12-13-23-22(15-20)26-18(3)28(23)21-10-5-4-6-11-21/h4-15,17,25H,1-3H3,(H,27,29)/t17-/m0/s1. The molecule has 0 bridgehead atoms. The van der Waals surface area contributed by atoms with Gasteiger partial charge in [-0.15, -0.1) is 0 Å². The van der Waals surface area contributed by atoms with Crippen molar-refractivity contribution >= 4 is 28.3 Å². The molecule has 0 saturated heterocycles. The molecule has 1 aromatic heterocycles. The molecule has 2 N–H and O–H groups in total. The highest BCUT2D eigenvalue weighted by Gasteiger charge is 2.15. The molecule has 0 spiro atoms. The zero-order valence-corrected chi connectivity index (χ0v) is 16.8. The van der Waals surface area contributed by atoms with E-state index in [1.54, 1.807) is 0 Å². The fraction of sp³-hybridized carbons (Fsp3) is 0.167.